The number of nitrogens with one attached hydrogen (secondary N) is 1. The maximum absolute atomic E-state index is 12.4. The number of thioether (sulfide) groups is 1. The number of hydrogen-bond donors (Lipinski definition) is 1. The van der Waals surface area contributed by atoms with Gasteiger partial charge in [0.05, 0.1) is 24.1 Å². The summed E-state index contributed by atoms with van der Waals surface area (Å²) >= 11 is 2.74. The van der Waals surface area contributed by atoms with Gasteiger partial charge in [-0.1, -0.05) is 11.8 Å². The monoisotopic (exact) mass is 412 g/mol. The molecule has 0 fully saturated rings. The molecule has 10 heteroatoms. The lowest BCUT2D eigenvalue weighted by Gasteiger charge is -2.06. The summed E-state index contributed by atoms with van der Waals surface area (Å²) in [5.41, 5.74) is 2.48. The van der Waals surface area contributed by atoms with Gasteiger partial charge in [0.1, 0.15) is 16.8 Å². The van der Waals surface area contributed by atoms with Gasteiger partial charge in [-0.3, -0.25) is 4.79 Å². The molecule has 142 valence electrons. The summed E-state index contributed by atoms with van der Waals surface area (Å²) in [7, 11) is 1.60. The molecule has 0 saturated carbocycles. The number of amides is 1. The van der Waals surface area contributed by atoms with Gasteiger partial charge in [-0.2, -0.15) is 9.94 Å². The smallest absolute Gasteiger partial charge is 0.235 e. The predicted octanol–water partition coefficient (Wildman–Crippen LogP) is 2.82. The van der Waals surface area contributed by atoms with Crippen molar-refractivity contribution in [2.45, 2.75) is 24.4 Å². The number of aryl methyl sites for hydroxylation is 1. The summed E-state index contributed by atoms with van der Waals surface area (Å²) in [5, 5.41) is 25.1. The Labute approximate surface area is 169 Å². The number of aromatic nitrogens is 4. The number of anilines is 1. The first kappa shape index (κ1) is 18.5. The van der Waals surface area contributed by atoms with E-state index in [0.717, 1.165) is 36.3 Å². The van der Waals surface area contributed by atoms with Gasteiger partial charge >= 0.3 is 0 Å². The first-order valence-electron chi connectivity index (χ1n) is 8.59. The van der Waals surface area contributed by atoms with Gasteiger partial charge in [0, 0.05) is 4.88 Å². The summed E-state index contributed by atoms with van der Waals surface area (Å²) in [6.45, 7) is 0. The predicted molar refractivity (Wildman–Crippen MR) is 106 cm³/mol. The Hall–Kier alpha value is -2.90. The SMILES string of the molecule is COc1ccc(-n2nnnc2SCC(=O)Nc2sc3c(c2C#N)CCC3)cc1. The standard InChI is InChI=1S/C18H16N6O2S2/c1-26-12-7-5-11(6-8-12)24-18(21-22-23-24)27-10-16(25)20-17-14(9-19)13-3-2-4-15(13)28-17/h5-8H,2-4,10H2,1H3,(H,20,25). The summed E-state index contributed by atoms with van der Waals surface area (Å²) in [6, 6.07) is 9.55. The topological polar surface area (TPSA) is 106 Å². The summed E-state index contributed by atoms with van der Waals surface area (Å²) in [4.78, 5) is 13.6. The highest BCUT2D eigenvalue weighted by Gasteiger charge is 2.23. The van der Waals surface area contributed by atoms with Crippen molar-refractivity contribution in [1.29, 1.82) is 5.26 Å². The Kier molecular flexibility index (Phi) is 5.27. The van der Waals surface area contributed by atoms with Crippen LogP contribution in [0.4, 0.5) is 5.00 Å². The molecule has 1 aliphatic carbocycles. The van der Waals surface area contributed by atoms with E-state index in [1.54, 1.807) is 11.8 Å². The van der Waals surface area contributed by atoms with Crippen LogP contribution in [0.5, 0.6) is 5.75 Å². The second kappa shape index (κ2) is 8.00. The summed E-state index contributed by atoms with van der Waals surface area (Å²) in [6.07, 6.45) is 2.97. The van der Waals surface area contributed by atoms with Crippen molar-refractivity contribution in [2.75, 3.05) is 18.2 Å². The van der Waals surface area contributed by atoms with Crippen molar-refractivity contribution >= 4 is 34.0 Å². The van der Waals surface area contributed by atoms with Crippen LogP contribution in [0.3, 0.4) is 0 Å². The van der Waals surface area contributed by atoms with E-state index in [1.807, 2.05) is 24.3 Å². The van der Waals surface area contributed by atoms with E-state index in [4.69, 9.17) is 4.74 Å². The van der Waals surface area contributed by atoms with Crippen molar-refractivity contribution in [1.82, 2.24) is 20.2 Å². The van der Waals surface area contributed by atoms with E-state index in [1.165, 1.54) is 28.0 Å². The number of tetrazole rings is 1. The summed E-state index contributed by atoms with van der Waals surface area (Å²) < 4.78 is 6.72. The zero-order valence-electron chi connectivity index (χ0n) is 15.0. The van der Waals surface area contributed by atoms with E-state index in [2.05, 4.69) is 26.9 Å². The number of benzene rings is 1. The molecule has 0 atom stereocenters. The average molecular weight is 413 g/mol. The second-order valence-corrected chi connectivity index (χ2v) is 8.13. The molecule has 0 aliphatic heterocycles. The molecule has 3 aromatic rings. The maximum Gasteiger partial charge on any atom is 0.235 e. The lowest BCUT2D eigenvalue weighted by molar-refractivity contribution is -0.113. The molecule has 1 aromatic carbocycles. The van der Waals surface area contributed by atoms with Crippen molar-refractivity contribution in [3.63, 3.8) is 0 Å². The fraction of sp³-hybridized carbons (Fsp3) is 0.278. The van der Waals surface area contributed by atoms with Gasteiger partial charge in [-0.25, -0.2) is 0 Å². The van der Waals surface area contributed by atoms with Gasteiger partial charge in [0.25, 0.3) is 0 Å². The third kappa shape index (κ3) is 3.58. The van der Waals surface area contributed by atoms with Crippen LogP contribution in [-0.2, 0) is 17.6 Å². The Morgan fingerprint density at radius 1 is 1.39 bits per heavy atom. The molecule has 2 aromatic heterocycles. The lowest BCUT2D eigenvalue weighted by atomic mass is 10.1. The molecule has 0 saturated heterocycles. The number of nitriles is 1. The van der Waals surface area contributed by atoms with E-state index >= 15 is 0 Å². The highest BCUT2D eigenvalue weighted by molar-refractivity contribution is 7.99. The molecule has 1 N–H and O–H groups in total. The number of thiophene rings is 1. The number of nitrogens with zero attached hydrogens (tertiary/aromatic N) is 5. The van der Waals surface area contributed by atoms with Crippen LogP contribution < -0.4 is 10.1 Å². The largest absolute Gasteiger partial charge is 0.497 e. The Morgan fingerprint density at radius 2 is 2.21 bits per heavy atom. The van der Waals surface area contributed by atoms with Crippen LogP contribution in [0, 0.1) is 11.3 Å². The maximum atomic E-state index is 12.4. The third-order valence-corrected chi connectivity index (χ3v) is 6.50. The van der Waals surface area contributed by atoms with Crippen LogP contribution in [0.1, 0.15) is 22.4 Å². The minimum atomic E-state index is -0.189. The first-order valence-corrected chi connectivity index (χ1v) is 10.4. The van der Waals surface area contributed by atoms with Crippen LogP contribution in [0.15, 0.2) is 29.4 Å². The minimum Gasteiger partial charge on any atom is -0.497 e. The van der Waals surface area contributed by atoms with Crippen LogP contribution in [0.2, 0.25) is 0 Å². The average Bonchev–Trinajstić information content (AvgIpc) is 3.42. The molecule has 8 nitrogen and oxygen atoms in total. The fourth-order valence-corrected chi connectivity index (χ4v) is 5.00. The van der Waals surface area contributed by atoms with Gasteiger partial charge in [-0.15, -0.1) is 16.4 Å². The van der Waals surface area contributed by atoms with Crippen molar-refractivity contribution in [3.05, 3.63) is 40.3 Å². The van der Waals surface area contributed by atoms with E-state index in [9.17, 15) is 10.1 Å². The zero-order valence-corrected chi connectivity index (χ0v) is 16.6. The van der Waals surface area contributed by atoms with Crippen molar-refractivity contribution < 1.29 is 9.53 Å². The minimum absolute atomic E-state index is 0.143. The van der Waals surface area contributed by atoms with Gasteiger partial charge in [-0.05, 0) is 59.5 Å². The van der Waals surface area contributed by atoms with E-state index < -0.39 is 0 Å². The molecule has 1 amide bonds. The molecule has 0 radical (unpaired) electrons. The third-order valence-electron chi connectivity index (χ3n) is 4.38. The molecule has 1 aliphatic rings. The molecular formula is C18H16N6O2S2. The number of carbonyl (C=O) groups is 1. The zero-order chi connectivity index (χ0) is 19.5. The molecule has 0 unspecified atom stereocenters. The molecule has 2 heterocycles. The van der Waals surface area contributed by atoms with Crippen LogP contribution in [0.25, 0.3) is 5.69 Å². The van der Waals surface area contributed by atoms with E-state index in [-0.39, 0.29) is 11.7 Å². The summed E-state index contributed by atoms with van der Waals surface area (Å²) in [5.74, 6) is 0.691. The number of rotatable bonds is 6. The molecule has 4 rings (SSSR count). The normalized spacial score (nSPS) is 12.4. The van der Waals surface area contributed by atoms with Gasteiger partial charge < -0.3 is 10.1 Å². The Morgan fingerprint density at radius 3 is 2.96 bits per heavy atom. The fourth-order valence-electron chi connectivity index (χ4n) is 3.06. The number of methoxy groups -OCH3 is 1. The molecule has 28 heavy (non-hydrogen) atoms. The molecule has 0 bridgehead atoms. The Balaban J connectivity index is 1.42. The number of carbonyl (C=O) groups excluding carboxylic acids is 1. The van der Waals surface area contributed by atoms with Crippen LogP contribution >= 0.6 is 23.1 Å². The van der Waals surface area contributed by atoms with Crippen molar-refractivity contribution in [2.24, 2.45) is 0 Å². The quantitative estimate of drug-likeness (QED) is 0.621. The second-order valence-electron chi connectivity index (χ2n) is 6.08. The highest BCUT2D eigenvalue weighted by atomic mass is 32.2. The van der Waals surface area contributed by atoms with Gasteiger partial charge in [0.15, 0.2) is 0 Å². The highest BCUT2D eigenvalue weighted by Crippen LogP contribution is 2.38. The van der Waals surface area contributed by atoms with Gasteiger partial charge in [0.2, 0.25) is 11.1 Å². The van der Waals surface area contributed by atoms with E-state index in [0.29, 0.717) is 15.7 Å². The number of ether oxygens (including phenoxy) is 1. The Bertz CT molecular complexity index is 1050. The number of fused-ring (bicyclic) bond motifs is 1. The van der Waals surface area contributed by atoms with Crippen LogP contribution in [-0.4, -0.2) is 39.0 Å². The molecular weight excluding hydrogens is 396 g/mol. The molecule has 0 spiro atoms. The lowest BCUT2D eigenvalue weighted by Crippen LogP contribution is -2.14. The van der Waals surface area contributed by atoms with Crippen molar-refractivity contribution in [3.8, 4) is 17.5 Å². The number of hydrogen-bond acceptors (Lipinski definition) is 8. The first-order chi connectivity index (χ1) is 13.7.